The summed E-state index contributed by atoms with van der Waals surface area (Å²) in [5, 5.41) is 11.7. The van der Waals surface area contributed by atoms with Gasteiger partial charge in [-0.05, 0) is 65.2 Å². The van der Waals surface area contributed by atoms with Crippen molar-refractivity contribution in [3.05, 3.63) is 59.4 Å². The van der Waals surface area contributed by atoms with Crippen molar-refractivity contribution < 1.29 is 13.2 Å². The summed E-state index contributed by atoms with van der Waals surface area (Å²) in [6.07, 6.45) is -2.50. The summed E-state index contributed by atoms with van der Waals surface area (Å²) < 4.78 is 39.7. The summed E-state index contributed by atoms with van der Waals surface area (Å²) in [6, 6.07) is 10.6. The number of hydrogen-bond donors (Lipinski definition) is 1. The molecule has 2 N–H and O–H groups in total. The minimum atomic E-state index is -4.38. The molecule has 0 saturated heterocycles. The Kier molecular flexibility index (Phi) is 4.21. The van der Waals surface area contributed by atoms with Crippen LogP contribution >= 0.6 is 0 Å². The molecule has 0 amide bonds. The van der Waals surface area contributed by atoms with Gasteiger partial charge in [0.1, 0.15) is 0 Å². The number of anilines is 2. The number of hydrogen-bond acceptors (Lipinski definition) is 5. The molecule has 2 aromatic carbocycles. The maximum absolute atomic E-state index is 12.8. The van der Waals surface area contributed by atoms with Gasteiger partial charge in [0.05, 0.1) is 17.8 Å². The van der Waals surface area contributed by atoms with Crippen LogP contribution in [0.2, 0.25) is 0 Å². The molecule has 0 spiro atoms. The van der Waals surface area contributed by atoms with Gasteiger partial charge in [0.2, 0.25) is 0 Å². The molecule has 4 rings (SSSR count). The highest BCUT2D eigenvalue weighted by Crippen LogP contribution is 2.32. The van der Waals surface area contributed by atoms with Crippen LogP contribution in [0, 0.1) is 0 Å². The molecular formula is C18H17F3N6. The Balaban J connectivity index is 1.62. The van der Waals surface area contributed by atoms with Gasteiger partial charge in [0, 0.05) is 17.9 Å². The fourth-order valence-corrected chi connectivity index (χ4v) is 3.36. The molecule has 1 aromatic heterocycles. The van der Waals surface area contributed by atoms with Crippen molar-refractivity contribution in [3.8, 4) is 5.69 Å². The molecule has 0 radical (unpaired) electrons. The van der Waals surface area contributed by atoms with Crippen molar-refractivity contribution in [2.75, 3.05) is 17.2 Å². The highest BCUT2D eigenvalue weighted by Gasteiger charge is 2.30. The third kappa shape index (κ3) is 3.32. The zero-order valence-electron chi connectivity index (χ0n) is 14.3. The van der Waals surface area contributed by atoms with Crippen LogP contribution in [0.3, 0.4) is 0 Å². The van der Waals surface area contributed by atoms with Crippen LogP contribution in [0.25, 0.3) is 5.69 Å². The predicted octanol–water partition coefficient (Wildman–Crippen LogP) is 3.22. The first-order valence-corrected chi connectivity index (χ1v) is 8.50. The largest absolute Gasteiger partial charge is 0.416 e. The van der Waals surface area contributed by atoms with Crippen LogP contribution in [-0.4, -0.2) is 26.8 Å². The summed E-state index contributed by atoms with van der Waals surface area (Å²) in [5.41, 5.74) is 8.77. The van der Waals surface area contributed by atoms with E-state index in [0.29, 0.717) is 18.1 Å². The second-order valence-electron chi connectivity index (χ2n) is 6.42. The van der Waals surface area contributed by atoms with E-state index in [9.17, 15) is 13.2 Å². The molecule has 9 heteroatoms. The molecule has 1 aliphatic rings. The minimum Gasteiger partial charge on any atom is -0.398 e. The molecule has 0 fully saturated rings. The second kappa shape index (κ2) is 6.57. The lowest BCUT2D eigenvalue weighted by Crippen LogP contribution is -2.30. The molecule has 2 heterocycles. The summed E-state index contributed by atoms with van der Waals surface area (Å²) in [4.78, 5) is 2.14. The van der Waals surface area contributed by atoms with Gasteiger partial charge in [0.25, 0.3) is 0 Å². The van der Waals surface area contributed by atoms with Gasteiger partial charge >= 0.3 is 6.18 Å². The molecule has 0 saturated carbocycles. The van der Waals surface area contributed by atoms with Crippen LogP contribution < -0.4 is 10.6 Å². The molecule has 27 heavy (non-hydrogen) atoms. The summed E-state index contributed by atoms with van der Waals surface area (Å²) in [5.74, 6) is 0.546. The zero-order valence-corrected chi connectivity index (χ0v) is 14.3. The fraction of sp³-hybridized carbons (Fsp3) is 0.278. The van der Waals surface area contributed by atoms with E-state index >= 15 is 0 Å². The first-order valence-electron chi connectivity index (χ1n) is 8.50. The van der Waals surface area contributed by atoms with E-state index in [-0.39, 0.29) is 0 Å². The Morgan fingerprint density at radius 1 is 1.07 bits per heavy atom. The van der Waals surface area contributed by atoms with Gasteiger partial charge in [-0.25, -0.2) is 0 Å². The SMILES string of the molecule is Nc1cccc2c1CCCN2Cc1nnnn1-c1ccc(C(F)(F)F)cc1. The lowest BCUT2D eigenvalue weighted by Gasteiger charge is -2.31. The number of nitrogen functional groups attached to an aromatic ring is 1. The molecule has 6 nitrogen and oxygen atoms in total. The number of nitrogens with zero attached hydrogens (tertiary/aromatic N) is 5. The number of aromatic nitrogens is 4. The van der Waals surface area contributed by atoms with Crippen LogP contribution in [0.15, 0.2) is 42.5 Å². The van der Waals surface area contributed by atoms with Crippen molar-refractivity contribution in [1.82, 2.24) is 20.2 Å². The van der Waals surface area contributed by atoms with E-state index in [4.69, 9.17) is 5.73 Å². The topological polar surface area (TPSA) is 72.9 Å². The van der Waals surface area contributed by atoms with E-state index in [0.717, 1.165) is 48.5 Å². The van der Waals surface area contributed by atoms with Crippen molar-refractivity contribution in [3.63, 3.8) is 0 Å². The second-order valence-corrected chi connectivity index (χ2v) is 6.42. The molecule has 3 aromatic rings. The van der Waals surface area contributed by atoms with Crippen molar-refractivity contribution in [1.29, 1.82) is 0 Å². The number of benzene rings is 2. The molecule has 0 aliphatic carbocycles. The smallest absolute Gasteiger partial charge is 0.398 e. The Morgan fingerprint density at radius 3 is 2.59 bits per heavy atom. The Morgan fingerprint density at radius 2 is 1.85 bits per heavy atom. The minimum absolute atomic E-state index is 0.435. The van der Waals surface area contributed by atoms with E-state index < -0.39 is 11.7 Å². The normalized spacial score (nSPS) is 14.3. The molecule has 0 atom stereocenters. The third-order valence-corrected chi connectivity index (χ3v) is 4.69. The van der Waals surface area contributed by atoms with Crippen LogP contribution in [0.5, 0.6) is 0 Å². The molecule has 0 bridgehead atoms. The lowest BCUT2D eigenvalue weighted by atomic mass is 10.00. The van der Waals surface area contributed by atoms with Crippen molar-refractivity contribution in [2.24, 2.45) is 0 Å². The number of alkyl halides is 3. The molecule has 0 unspecified atom stereocenters. The average Bonchev–Trinajstić information content (AvgIpc) is 3.10. The van der Waals surface area contributed by atoms with Gasteiger partial charge in [-0.1, -0.05) is 6.07 Å². The summed E-state index contributed by atoms with van der Waals surface area (Å²) >= 11 is 0. The van der Waals surface area contributed by atoms with Gasteiger partial charge in [0.15, 0.2) is 5.82 Å². The van der Waals surface area contributed by atoms with Gasteiger partial charge < -0.3 is 10.6 Å². The van der Waals surface area contributed by atoms with E-state index in [1.165, 1.54) is 16.8 Å². The maximum Gasteiger partial charge on any atom is 0.416 e. The molecular weight excluding hydrogens is 357 g/mol. The highest BCUT2D eigenvalue weighted by molar-refractivity contribution is 5.66. The lowest BCUT2D eigenvalue weighted by molar-refractivity contribution is -0.137. The Labute approximate surface area is 153 Å². The van der Waals surface area contributed by atoms with Gasteiger partial charge in [-0.15, -0.1) is 5.10 Å². The zero-order chi connectivity index (χ0) is 19.0. The summed E-state index contributed by atoms with van der Waals surface area (Å²) in [7, 11) is 0. The van der Waals surface area contributed by atoms with Gasteiger partial charge in [-0.3, -0.25) is 0 Å². The van der Waals surface area contributed by atoms with Crippen LogP contribution in [-0.2, 0) is 19.1 Å². The van der Waals surface area contributed by atoms with Crippen LogP contribution in [0.1, 0.15) is 23.4 Å². The molecule has 140 valence electrons. The number of rotatable bonds is 3. The van der Waals surface area contributed by atoms with Crippen LogP contribution in [0.4, 0.5) is 24.5 Å². The van der Waals surface area contributed by atoms with E-state index in [2.05, 4.69) is 20.4 Å². The highest BCUT2D eigenvalue weighted by atomic mass is 19.4. The first-order chi connectivity index (χ1) is 12.9. The first kappa shape index (κ1) is 17.3. The number of halogens is 3. The Bertz CT molecular complexity index is 948. The monoisotopic (exact) mass is 374 g/mol. The Hall–Kier alpha value is -3.10. The van der Waals surface area contributed by atoms with Crippen molar-refractivity contribution in [2.45, 2.75) is 25.6 Å². The number of fused-ring (bicyclic) bond motifs is 1. The third-order valence-electron chi connectivity index (χ3n) is 4.69. The molecule has 1 aliphatic heterocycles. The standard InChI is InChI=1S/C18H17F3N6/c19-18(20,21)12-6-8-13(9-7-12)27-17(23-24-25-27)11-26-10-2-3-14-15(22)4-1-5-16(14)26/h1,4-9H,2-3,10-11,22H2. The van der Waals surface area contributed by atoms with E-state index in [1.54, 1.807) is 0 Å². The van der Waals surface area contributed by atoms with Crippen molar-refractivity contribution >= 4 is 11.4 Å². The number of tetrazole rings is 1. The predicted molar refractivity (Wildman–Crippen MR) is 94.4 cm³/mol. The number of nitrogens with two attached hydrogens (primary N) is 1. The summed E-state index contributed by atoms with van der Waals surface area (Å²) in [6.45, 7) is 1.26. The van der Waals surface area contributed by atoms with E-state index in [1.807, 2.05) is 18.2 Å². The maximum atomic E-state index is 12.8. The average molecular weight is 374 g/mol. The fourth-order valence-electron chi connectivity index (χ4n) is 3.36. The van der Waals surface area contributed by atoms with Gasteiger partial charge in [-0.2, -0.15) is 17.9 Å². The quantitative estimate of drug-likeness (QED) is 0.713.